The lowest BCUT2D eigenvalue weighted by Gasteiger charge is -2.09. The van der Waals surface area contributed by atoms with Gasteiger partial charge in [0, 0.05) is 43.8 Å². The first-order valence-corrected chi connectivity index (χ1v) is 7.67. The Hall–Kier alpha value is -2.97. The molecule has 0 fully saturated rings. The average molecular weight is 331 g/mol. The van der Waals surface area contributed by atoms with Crippen molar-refractivity contribution < 1.29 is 9.53 Å². The number of ether oxygens (including phenoxy) is 1. The summed E-state index contributed by atoms with van der Waals surface area (Å²) in [6.45, 7) is 5.49. The maximum Gasteiger partial charge on any atom is 0.316 e. The Morgan fingerprint density at radius 1 is 1.17 bits per heavy atom. The molecule has 9 nitrogen and oxygen atoms in total. The van der Waals surface area contributed by atoms with Crippen molar-refractivity contribution >= 4 is 17.7 Å². The number of rotatable bonds is 9. The quantitative estimate of drug-likeness (QED) is 0.573. The van der Waals surface area contributed by atoms with Gasteiger partial charge in [-0.25, -0.2) is 15.0 Å². The van der Waals surface area contributed by atoms with Crippen LogP contribution in [0.25, 0.3) is 0 Å². The van der Waals surface area contributed by atoms with Crippen molar-refractivity contribution in [1.82, 2.24) is 25.3 Å². The molecule has 128 valence electrons. The number of carbonyl (C=O) groups is 1. The topological polar surface area (TPSA) is 114 Å². The average Bonchev–Trinajstić information content (AvgIpc) is 2.58. The molecule has 0 radical (unpaired) electrons. The van der Waals surface area contributed by atoms with E-state index in [0.29, 0.717) is 19.0 Å². The molecule has 1 amide bonds. The standard InChI is InChI=1S/C15H21N7O2/c1-3-16-12-9-11(2)21-14(22-12)18-8-7-17-13(23)10-24-15-19-5-4-6-20-15/h4-6,9H,3,7-8,10H2,1-2H3,(H,17,23)(H2,16,18,21,22). The Labute approximate surface area is 140 Å². The number of carbonyl (C=O) groups excluding carboxylic acids is 1. The Kier molecular flexibility index (Phi) is 6.69. The van der Waals surface area contributed by atoms with Gasteiger partial charge in [-0.15, -0.1) is 0 Å². The lowest BCUT2D eigenvalue weighted by molar-refractivity contribution is -0.123. The number of amides is 1. The smallest absolute Gasteiger partial charge is 0.316 e. The minimum Gasteiger partial charge on any atom is -0.453 e. The van der Waals surface area contributed by atoms with Gasteiger partial charge in [0.2, 0.25) is 5.95 Å². The first kappa shape index (κ1) is 17.4. The zero-order valence-electron chi connectivity index (χ0n) is 13.7. The van der Waals surface area contributed by atoms with Gasteiger partial charge in [-0.3, -0.25) is 4.79 Å². The van der Waals surface area contributed by atoms with Crippen LogP contribution in [0.2, 0.25) is 0 Å². The summed E-state index contributed by atoms with van der Waals surface area (Å²) in [5.74, 6) is 1.05. The molecular weight excluding hydrogens is 310 g/mol. The summed E-state index contributed by atoms with van der Waals surface area (Å²) >= 11 is 0. The molecule has 0 aliphatic carbocycles. The van der Waals surface area contributed by atoms with Crippen LogP contribution in [-0.4, -0.2) is 52.1 Å². The van der Waals surface area contributed by atoms with Gasteiger partial charge in [0.05, 0.1) is 0 Å². The van der Waals surface area contributed by atoms with E-state index in [1.54, 1.807) is 18.5 Å². The molecule has 9 heteroatoms. The van der Waals surface area contributed by atoms with Gasteiger partial charge in [0.15, 0.2) is 6.61 Å². The number of anilines is 2. The summed E-state index contributed by atoms with van der Waals surface area (Å²) in [6, 6.07) is 3.72. The number of hydrogen-bond donors (Lipinski definition) is 3. The van der Waals surface area contributed by atoms with Gasteiger partial charge in [-0.05, 0) is 19.9 Å². The van der Waals surface area contributed by atoms with E-state index in [4.69, 9.17) is 4.74 Å². The van der Waals surface area contributed by atoms with Gasteiger partial charge >= 0.3 is 6.01 Å². The van der Waals surface area contributed by atoms with E-state index in [2.05, 4.69) is 35.9 Å². The Bertz CT molecular complexity index is 652. The zero-order valence-corrected chi connectivity index (χ0v) is 13.7. The summed E-state index contributed by atoms with van der Waals surface area (Å²) in [7, 11) is 0. The number of nitrogens with zero attached hydrogens (tertiary/aromatic N) is 4. The molecule has 0 aliphatic heterocycles. The van der Waals surface area contributed by atoms with Crippen molar-refractivity contribution in [2.24, 2.45) is 0 Å². The first-order chi connectivity index (χ1) is 11.7. The Morgan fingerprint density at radius 2 is 1.96 bits per heavy atom. The summed E-state index contributed by atoms with van der Waals surface area (Å²) in [5, 5.41) is 8.94. The fourth-order valence-corrected chi connectivity index (χ4v) is 1.84. The molecule has 0 saturated carbocycles. The molecule has 0 aromatic carbocycles. The van der Waals surface area contributed by atoms with Crippen molar-refractivity contribution in [3.63, 3.8) is 0 Å². The van der Waals surface area contributed by atoms with Crippen molar-refractivity contribution in [2.75, 3.05) is 36.9 Å². The van der Waals surface area contributed by atoms with Gasteiger partial charge in [-0.1, -0.05) is 0 Å². The molecule has 0 saturated heterocycles. The van der Waals surface area contributed by atoms with Gasteiger partial charge < -0.3 is 20.7 Å². The van der Waals surface area contributed by atoms with E-state index >= 15 is 0 Å². The second-order valence-corrected chi connectivity index (χ2v) is 4.85. The molecule has 24 heavy (non-hydrogen) atoms. The van der Waals surface area contributed by atoms with Crippen LogP contribution in [0.1, 0.15) is 12.6 Å². The van der Waals surface area contributed by atoms with Gasteiger partial charge in [0.1, 0.15) is 5.82 Å². The minimum atomic E-state index is -0.247. The molecule has 2 rings (SSSR count). The molecule has 0 aliphatic rings. The van der Waals surface area contributed by atoms with Crippen molar-refractivity contribution in [3.05, 3.63) is 30.2 Å². The predicted octanol–water partition coefficient (Wildman–Crippen LogP) is 0.614. The molecule has 0 atom stereocenters. The molecule has 2 aromatic rings. The highest BCUT2D eigenvalue weighted by Crippen LogP contribution is 2.08. The maximum absolute atomic E-state index is 11.7. The largest absolute Gasteiger partial charge is 0.453 e. The monoisotopic (exact) mass is 331 g/mol. The fourth-order valence-electron chi connectivity index (χ4n) is 1.84. The zero-order chi connectivity index (χ0) is 17.2. The third-order valence-electron chi connectivity index (χ3n) is 2.82. The molecule has 2 aromatic heterocycles. The molecular formula is C15H21N7O2. The summed E-state index contributed by atoms with van der Waals surface area (Å²) in [4.78, 5) is 28.0. The number of aryl methyl sites for hydroxylation is 1. The summed E-state index contributed by atoms with van der Waals surface area (Å²) in [5.41, 5.74) is 0.865. The molecule has 0 bridgehead atoms. The van der Waals surface area contributed by atoms with E-state index in [9.17, 15) is 4.79 Å². The number of hydrogen-bond acceptors (Lipinski definition) is 8. The van der Waals surface area contributed by atoms with Crippen LogP contribution in [0.3, 0.4) is 0 Å². The summed E-state index contributed by atoms with van der Waals surface area (Å²) < 4.78 is 5.15. The first-order valence-electron chi connectivity index (χ1n) is 7.67. The van der Waals surface area contributed by atoms with Crippen molar-refractivity contribution in [3.8, 4) is 6.01 Å². The highest BCUT2D eigenvalue weighted by Gasteiger charge is 2.04. The highest BCUT2D eigenvalue weighted by molar-refractivity contribution is 5.77. The van der Waals surface area contributed by atoms with E-state index in [1.807, 2.05) is 19.9 Å². The second-order valence-electron chi connectivity index (χ2n) is 4.85. The minimum absolute atomic E-state index is 0.129. The molecule has 0 unspecified atom stereocenters. The van der Waals surface area contributed by atoms with E-state index in [0.717, 1.165) is 18.1 Å². The second kappa shape index (κ2) is 9.23. The van der Waals surface area contributed by atoms with E-state index < -0.39 is 0 Å². The molecule has 2 heterocycles. The van der Waals surface area contributed by atoms with Crippen LogP contribution < -0.4 is 20.7 Å². The van der Waals surface area contributed by atoms with E-state index in [-0.39, 0.29) is 18.5 Å². The van der Waals surface area contributed by atoms with Crippen molar-refractivity contribution in [2.45, 2.75) is 13.8 Å². The van der Waals surface area contributed by atoms with Gasteiger partial charge in [0.25, 0.3) is 5.91 Å². The third kappa shape index (κ3) is 6.03. The lowest BCUT2D eigenvalue weighted by Crippen LogP contribution is -2.33. The number of nitrogens with one attached hydrogen (secondary N) is 3. The van der Waals surface area contributed by atoms with Crippen LogP contribution in [0.4, 0.5) is 11.8 Å². The maximum atomic E-state index is 11.7. The van der Waals surface area contributed by atoms with Gasteiger partial charge in [-0.2, -0.15) is 4.98 Å². The summed E-state index contributed by atoms with van der Waals surface area (Å²) in [6.07, 6.45) is 3.10. The Morgan fingerprint density at radius 3 is 2.71 bits per heavy atom. The van der Waals surface area contributed by atoms with Crippen LogP contribution in [0, 0.1) is 6.92 Å². The van der Waals surface area contributed by atoms with Crippen LogP contribution in [0.15, 0.2) is 24.5 Å². The third-order valence-corrected chi connectivity index (χ3v) is 2.82. The predicted molar refractivity (Wildman–Crippen MR) is 90.0 cm³/mol. The normalized spacial score (nSPS) is 10.1. The highest BCUT2D eigenvalue weighted by atomic mass is 16.5. The van der Waals surface area contributed by atoms with Crippen LogP contribution in [-0.2, 0) is 4.79 Å². The molecule has 3 N–H and O–H groups in total. The van der Waals surface area contributed by atoms with Crippen LogP contribution >= 0.6 is 0 Å². The SMILES string of the molecule is CCNc1cc(C)nc(NCCNC(=O)COc2ncccn2)n1. The van der Waals surface area contributed by atoms with Crippen LogP contribution in [0.5, 0.6) is 6.01 Å². The molecule has 0 spiro atoms. The Balaban J connectivity index is 1.68. The number of aromatic nitrogens is 4. The fraction of sp³-hybridized carbons (Fsp3) is 0.400. The van der Waals surface area contributed by atoms with E-state index in [1.165, 1.54) is 0 Å². The lowest BCUT2D eigenvalue weighted by atomic mass is 10.4. The van der Waals surface area contributed by atoms with Crippen molar-refractivity contribution in [1.29, 1.82) is 0 Å².